The molecule has 0 spiro atoms. The van der Waals surface area contributed by atoms with E-state index in [2.05, 4.69) is 16.5 Å². The third-order valence-electron chi connectivity index (χ3n) is 5.08. The monoisotopic (exact) mass is 407 g/mol. The van der Waals surface area contributed by atoms with Crippen LogP contribution in [-0.4, -0.2) is 25.7 Å². The first-order valence-corrected chi connectivity index (χ1v) is 10.5. The Kier molecular flexibility index (Phi) is 5.28. The number of halogens is 1. The highest BCUT2D eigenvalue weighted by molar-refractivity contribution is 7.99. The summed E-state index contributed by atoms with van der Waals surface area (Å²) in [6.45, 7) is 6.76. The van der Waals surface area contributed by atoms with Crippen LogP contribution in [0.4, 0.5) is 4.39 Å². The molecule has 0 saturated carbocycles. The Labute approximate surface area is 173 Å². The zero-order valence-corrected chi connectivity index (χ0v) is 17.5. The summed E-state index contributed by atoms with van der Waals surface area (Å²) in [6, 6.07) is 16.2. The fourth-order valence-corrected chi connectivity index (χ4v) is 4.67. The molecule has 148 valence electrons. The molecule has 2 heterocycles. The van der Waals surface area contributed by atoms with Crippen LogP contribution in [0.3, 0.4) is 0 Å². The fraction of sp³-hybridized carbons (Fsp3) is 0.217. The largest absolute Gasteiger partial charge is 0.319 e. The lowest BCUT2D eigenvalue weighted by atomic mass is 10.2. The number of para-hydroxylation sites is 2. The molecule has 0 amide bonds. The van der Waals surface area contributed by atoms with Crippen LogP contribution in [0, 0.1) is 19.7 Å². The number of aryl methyl sites for hydroxylation is 2. The first kappa shape index (κ1) is 19.5. The molecule has 0 atom stereocenters. The molecule has 0 unspecified atom stereocenters. The average Bonchev–Trinajstić information content (AvgIpc) is 3.23. The number of nitrogens with zero attached hydrogens (tertiary/aromatic N) is 3. The van der Waals surface area contributed by atoms with Crippen LogP contribution in [0.2, 0.25) is 0 Å². The maximum atomic E-state index is 13.3. The Morgan fingerprint density at radius 1 is 1.10 bits per heavy atom. The molecule has 0 aliphatic rings. The summed E-state index contributed by atoms with van der Waals surface area (Å²) in [4.78, 5) is 17.7. The molecule has 0 aliphatic carbocycles. The second-order valence-electron chi connectivity index (χ2n) is 6.94. The van der Waals surface area contributed by atoms with Crippen molar-refractivity contribution < 1.29 is 9.18 Å². The van der Waals surface area contributed by atoms with Gasteiger partial charge in [-0.2, -0.15) is 0 Å². The van der Waals surface area contributed by atoms with Gasteiger partial charge in [-0.3, -0.25) is 4.79 Å². The van der Waals surface area contributed by atoms with Gasteiger partial charge in [0.2, 0.25) is 0 Å². The highest BCUT2D eigenvalue weighted by Crippen LogP contribution is 2.27. The molecule has 0 bridgehead atoms. The molecule has 29 heavy (non-hydrogen) atoms. The topological polar surface area (TPSA) is 39.8 Å². The molecule has 0 aliphatic heterocycles. The summed E-state index contributed by atoms with van der Waals surface area (Å²) >= 11 is 1.47. The number of carbonyl (C=O) groups is 1. The Balaban J connectivity index is 1.58. The number of hydrogen-bond acceptors (Lipinski definition) is 3. The molecule has 0 radical (unpaired) electrons. The first-order chi connectivity index (χ1) is 14.0. The summed E-state index contributed by atoms with van der Waals surface area (Å²) in [5.74, 6) is 0.103. The Hall–Kier alpha value is -2.86. The number of fused-ring (bicyclic) bond motifs is 1. The molecule has 2 aromatic carbocycles. The number of thioether (sulfide) groups is 1. The molecule has 0 N–H and O–H groups in total. The van der Waals surface area contributed by atoms with E-state index in [1.807, 2.05) is 48.7 Å². The van der Waals surface area contributed by atoms with Crippen LogP contribution in [-0.2, 0) is 6.54 Å². The van der Waals surface area contributed by atoms with Gasteiger partial charge in [0.25, 0.3) is 0 Å². The van der Waals surface area contributed by atoms with Crippen molar-refractivity contribution in [1.29, 1.82) is 0 Å². The number of hydrogen-bond donors (Lipinski definition) is 0. The summed E-state index contributed by atoms with van der Waals surface area (Å²) in [5.41, 5.74) is 5.38. The van der Waals surface area contributed by atoms with Gasteiger partial charge in [0.1, 0.15) is 5.82 Å². The van der Waals surface area contributed by atoms with Gasteiger partial charge < -0.3 is 9.13 Å². The van der Waals surface area contributed by atoms with E-state index in [1.54, 1.807) is 12.1 Å². The van der Waals surface area contributed by atoms with E-state index in [0.29, 0.717) is 11.3 Å². The lowest BCUT2D eigenvalue weighted by Gasteiger charge is -2.10. The minimum Gasteiger partial charge on any atom is -0.319 e. The van der Waals surface area contributed by atoms with Gasteiger partial charge in [0.15, 0.2) is 10.9 Å². The molecule has 4 rings (SSSR count). The van der Waals surface area contributed by atoms with Crippen molar-refractivity contribution in [2.75, 3.05) is 5.75 Å². The quantitative estimate of drug-likeness (QED) is 0.309. The average molecular weight is 408 g/mol. The van der Waals surface area contributed by atoms with Gasteiger partial charge in [-0.25, -0.2) is 9.37 Å². The van der Waals surface area contributed by atoms with Gasteiger partial charge in [-0.1, -0.05) is 23.9 Å². The van der Waals surface area contributed by atoms with Crippen molar-refractivity contribution in [3.05, 3.63) is 77.4 Å². The third-order valence-corrected chi connectivity index (χ3v) is 6.06. The van der Waals surface area contributed by atoms with Crippen molar-refractivity contribution in [2.45, 2.75) is 32.5 Å². The number of imidazole rings is 1. The van der Waals surface area contributed by atoms with Gasteiger partial charge in [0.05, 0.1) is 16.8 Å². The predicted molar refractivity (Wildman–Crippen MR) is 116 cm³/mol. The minimum absolute atomic E-state index is 0.0613. The predicted octanol–water partition coefficient (Wildman–Crippen LogP) is 5.58. The van der Waals surface area contributed by atoms with Gasteiger partial charge >= 0.3 is 0 Å². The smallest absolute Gasteiger partial charge is 0.175 e. The Bertz CT molecular complexity index is 1190. The molecule has 0 saturated heterocycles. The lowest BCUT2D eigenvalue weighted by molar-refractivity contribution is 0.102. The van der Waals surface area contributed by atoms with E-state index >= 15 is 0 Å². The minimum atomic E-state index is -0.275. The first-order valence-electron chi connectivity index (χ1n) is 9.55. The maximum absolute atomic E-state index is 13.3. The Morgan fingerprint density at radius 3 is 2.55 bits per heavy atom. The van der Waals surface area contributed by atoms with E-state index in [-0.39, 0.29) is 11.6 Å². The number of aromatic nitrogens is 3. The zero-order valence-electron chi connectivity index (χ0n) is 16.6. The van der Waals surface area contributed by atoms with Crippen LogP contribution in [0.15, 0.2) is 59.8 Å². The number of Topliss-reactive ketones (excluding diaryl/α,β-unsaturated/α-hetero) is 1. The second-order valence-corrected chi connectivity index (χ2v) is 7.88. The Morgan fingerprint density at radius 2 is 1.83 bits per heavy atom. The van der Waals surface area contributed by atoms with Crippen LogP contribution in [0.25, 0.3) is 16.7 Å². The van der Waals surface area contributed by atoms with Crippen LogP contribution in [0.5, 0.6) is 0 Å². The summed E-state index contributed by atoms with van der Waals surface area (Å²) in [6.07, 6.45) is 0. The number of benzene rings is 2. The van der Waals surface area contributed by atoms with Crippen LogP contribution in [0.1, 0.15) is 28.7 Å². The van der Waals surface area contributed by atoms with E-state index in [1.165, 1.54) is 23.9 Å². The highest BCUT2D eigenvalue weighted by Gasteiger charge is 2.18. The van der Waals surface area contributed by atoms with Gasteiger partial charge in [-0.05, 0) is 63.2 Å². The second kappa shape index (κ2) is 7.87. The summed E-state index contributed by atoms with van der Waals surface area (Å²) in [7, 11) is 0. The van der Waals surface area contributed by atoms with E-state index in [9.17, 15) is 9.18 Å². The molecule has 4 nitrogen and oxygen atoms in total. The third kappa shape index (κ3) is 3.60. The van der Waals surface area contributed by atoms with Crippen molar-refractivity contribution >= 4 is 28.6 Å². The number of carbonyl (C=O) groups excluding carboxylic acids is 1. The molecular formula is C23H22FN3OS. The molecule has 0 fully saturated rings. The molecule has 4 aromatic rings. The van der Waals surface area contributed by atoms with E-state index in [4.69, 9.17) is 0 Å². The number of rotatable bonds is 6. The van der Waals surface area contributed by atoms with Gasteiger partial charge in [-0.15, -0.1) is 0 Å². The van der Waals surface area contributed by atoms with Gasteiger partial charge in [0, 0.05) is 29.2 Å². The van der Waals surface area contributed by atoms with Crippen LogP contribution < -0.4 is 0 Å². The summed E-state index contributed by atoms with van der Waals surface area (Å²) in [5, 5.41) is 0.856. The fourth-order valence-electron chi connectivity index (χ4n) is 3.71. The SMILES string of the molecule is CCn1c(SCC(=O)c2cc(C)n(-c3ccc(F)cc3)c2C)nc2ccccc21. The zero-order chi connectivity index (χ0) is 20.5. The molecular weight excluding hydrogens is 385 g/mol. The van der Waals surface area contributed by atoms with E-state index < -0.39 is 0 Å². The maximum Gasteiger partial charge on any atom is 0.175 e. The normalized spacial score (nSPS) is 11.3. The van der Waals surface area contributed by atoms with Crippen molar-refractivity contribution in [2.24, 2.45) is 0 Å². The van der Waals surface area contributed by atoms with E-state index in [0.717, 1.165) is 39.8 Å². The standard InChI is InChI=1S/C23H22FN3OS/c1-4-26-21-8-6-5-7-20(21)25-23(26)29-14-22(28)19-13-15(2)27(16(19)3)18-11-9-17(24)10-12-18/h5-13H,4,14H2,1-3H3. The number of ketones is 1. The van der Waals surface area contributed by atoms with Crippen molar-refractivity contribution in [1.82, 2.24) is 14.1 Å². The van der Waals surface area contributed by atoms with Crippen molar-refractivity contribution in [3.8, 4) is 5.69 Å². The highest BCUT2D eigenvalue weighted by atomic mass is 32.2. The van der Waals surface area contributed by atoms with Crippen LogP contribution >= 0.6 is 11.8 Å². The summed E-state index contributed by atoms with van der Waals surface area (Å²) < 4.78 is 17.4. The van der Waals surface area contributed by atoms with Crippen molar-refractivity contribution in [3.63, 3.8) is 0 Å². The molecule has 6 heteroatoms. The molecule has 2 aromatic heterocycles. The lowest BCUT2D eigenvalue weighted by Crippen LogP contribution is -2.07.